The summed E-state index contributed by atoms with van der Waals surface area (Å²) in [5.74, 6) is -0.324. The molecule has 0 N–H and O–H groups in total. The summed E-state index contributed by atoms with van der Waals surface area (Å²) in [5.41, 5.74) is 2.07. The minimum absolute atomic E-state index is 0.0672. The molecule has 0 aromatic heterocycles. The lowest BCUT2D eigenvalue weighted by Crippen LogP contribution is -2.10. The molecule has 0 amide bonds. The van der Waals surface area contributed by atoms with E-state index in [4.69, 9.17) is 4.74 Å². The van der Waals surface area contributed by atoms with E-state index in [-0.39, 0.29) is 17.7 Å². The molecule has 3 nitrogen and oxygen atoms in total. The van der Waals surface area contributed by atoms with Crippen molar-refractivity contribution in [2.45, 2.75) is 24.5 Å². The molecule has 3 heteroatoms. The van der Waals surface area contributed by atoms with Gasteiger partial charge < -0.3 is 9.47 Å². The Kier molecular flexibility index (Phi) is 4.58. The fraction of sp³-hybridized carbons (Fsp3) is 0.250. The van der Waals surface area contributed by atoms with Crippen LogP contribution in [0.25, 0.3) is 0 Å². The summed E-state index contributed by atoms with van der Waals surface area (Å²) in [6, 6.07) is 20.5. The Balaban J connectivity index is 1.77. The van der Waals surface area contributed by atoms with Gasteiger partial charge in [-0.25, -0.2) is 4.79 Å². The number of carbonyl (C=O) groups is 1. The Labute approximate surface area is 136 Å². The average Bonchev–Trinajstić information content (AvgIpc) is 3.36. The van der Waals surface area contributed by atoms with Crippen LogP contribution in [0.1, 0.15) is 30.1 Å². The second kappa shape index (κ2) is 6.80. The maximum absolute atomic E-state index is 11.2. The number of methoxy groups -OCH3 is 1. The molecule has 2 atom stereocenters. The molecule has 0 unspecified atom stereocenters. The zero-order chi connectivity index (χ0) is 16.1. The van der Waals surface area contributed by atoms with E-state index in [1.807, 2.05) is 42.5 Å². The van der Waals surface area contributed by atoms with Gasteiger partial charge in [-0.1, -0.05) is 66.7 Å². The summed E-state index contributed by atoms with van der Waals surface area (Å²) in [6.07, 6.45) is 4.97. The number of hydrogen-bond donors (Lipinski definition) is 0. The molecule has 1 saturated heterocycles. The number of benzene rings is 2. The highest BCUT2D eigenvalue weighted by atomic mass is 16.6. The Morgan fingerprint density at radius 3 is 2.43 bits per heavy atom. The quantitative estimate of drug-likeness (QED) is 0.457. The lowest BCUT2D eigenvalue weighted by Gasteiger charge is -2.12. The van der Waals surface area contributed by atoms with E-state index < -0.39 is 0 Å². The van der Waals surface area contributed by atoms with Crippen LogP contribution in [-0.2, 0) is 19.9 Å². The molecule has 1 aliphatic heterocycles. The van der Waals surface area contributed by atoms with Gasteiger partial charge in [0.05, 0.1) is 7.11 Å². The molecule has 23 heavy (non-hydrogen) atoms. The Hall–Kier alpha value is -2.39. The molecule has 0 aliphatic carbocycles. The highest BCUT2D eigenvalue weighted by molar-refractivity contribution is 5.81. The smallest absolute Gasteiger partial charge is 0.330 e. The van der Waals surface area contributed by atoms with E-state index in [9.17, 15) is 4.79 Å². The van der Waals surface area contributed by atoms with Gasteiger partial charge in [0.1, 0.15) is 11.7 Å². The number of allylic oxidation sites excluding steroid dienone is 1. The van der Waals surface area contributed by atoms with Crippen molar-refractivity contribution in [3.05, 3.63) is 83.9 Å². The van der Waals surface area contributed by atoms with Crippen molar-refractivity contribution in [1.82, 2.24) is 0 Å². The van der Waals surface area contributed by atoms with Crippen LogP contribution in [0.15, 0.2) is 72.8 Å². The molecular formula is C20H20O3. The normalized spacial score (nSPS) is 22.9. The van der Waals surface area contributed by atoms with Crippen molar-refractivity contribution in [2.75, 3.05) is 7.11 Å². The zero-order valence-electron chi connectivity index (χ0n) is 13.1. The average molecular weight is 308 g/mol. The number of hydrogen-bond acceptors (Lipinski definition) is 3. The van der Waals surface area contributed by atoms with E-state index >= 15 is 0 Å². The molecular weight excluding hydrogens is 288 g/mol. The molecule has 3 rings (SSSR count). The van der Waals surface area contributed by atoms with Crippen LogP contribution in [0.3, 0.4) is 0 Å². The highest BCUT2D eigenvalue weighted by Gasteiger charge is 2.57. The summed E-state index contributed by atoms with van der Waals surface area (Å²) in [5, 5.41) is 0. The van der Waals surface area contributed by atoms with Crippen LogP contribution in [0.2, 0.25) is 0 Å². The van der Waals surface area contributed by atoms with E-state index in [1.54, 1.807) is 0 Å². The minimum Gasteiger partial charge on any atom is -0.466 e. The fourth-order valence-electron chi connectivity index (χ4n) is 2.96. The van der Waals surface area contributed by atoms with E-state index in [1.165, 1.54) is 24.3 Å². The van der Waals surface area contributed by atoms with E-state index in [0.29, 0.717) is 0 Å². The molecule has 2 aromatic rings. The largest absolute Gasteiger partial charge is 0.466 e. The topological polar surface area (TPSA) is 38.8 Å². The first-order valence-electron chi connectivity index (χ1n) is 7.79. The van der Waals surface area contributed by atoms with Gasteiger partial charge in [0.2, 0.25) is 0 Å². The lowest BCUT2D eigenvalue weighted by molar-refractivity contribution is -0.134. The van der Waals surface area contributed by atoms with Crippen LogP contribution in [0.5, 0.6) is 0 Å². The third-order valence-corrected chi connectivity index (χ3v) is 4.20. The summed E-state index contributed by atoms with van der Waals surface area (Å²) >= 11 is 0. The van der Waals surface area contributed by atoms with Gasteiger partial charge in [0.15, 0.2) is 0 Å². The molecule has 1 aliphatic rings. The third kappa shape index (κ3) is 3.35. The van der Waals surface area contributed by atoms with E-state index in [0.717, 1.165) is 12.8 Å². The van der Waals surface area contributed by atoms with Crippen LogP contribution in [0.4, 0.5) is 0 Å². The highest BCUT2D eigenvalue weighted by Crippen LogP contribution is 2.59. The van der Waals surface area contributed by atoms with Crippen molar-refractivity contribution in [1.29, 1.82) is 0 Å². The monoisotopic (exact) mass is 308 g/mol. The number of carbonyl (C=O) groups excluding carboxylic acids is 1. The van der Waals surface area contributed by atoms with Crippen molar-refractivity contribution in [3.63, 3.8) is 0 Å². The van der Waals surface area contributed by atoms with Crippen molar-refractivity contribution in [2.24, 2.45) is 0 Å². The van der Waals surface area contributed by atoms with Gasteiger partial charge in [-0.15, -0.1) is 0 Å². The molecule has 0 radical (unpaired) electrons. The molecule has 0 spiro atoms. The van der Waals surface area contributed by atoms with Gasteiger partial charge >= 0.3 is 5.97 Å². The number of rotatable bonds is 6. The lowest BCUT2D eigenvalue weighted by atomic mass is 9.88. The fourth-order valence-corrected chi connectivity index (χ4v) is 2.96. The van der Waals surface area contributed by atoms with Crippen LogP contribution < -0.4 is 0 Å². The van der Waals surface area contributed by atoms with Gasteiger partial charge in [-0.2, -0.15) is 0 Å². The Bertz CT molecular complexity index is 679. The van der Waals surface area contributed by atoms with Gasteiger partial charge in [-0.3, -0.25) is 0 Å². The van der Waals surface area contributed by atoms with Crippen molar-refractivity contribution >= 4 is 5.97 Å². The second-order valence-corrected chi connectivity index (χ2v) is 5.63. The van der Waals surface area contributed by atoms with Gasteiger partial charge in [0.25, 0.3) is 0 Å². The molecule has 2 aromatic carbocycles. The first kappa shape index (κ1) is 15.5. The molecule has 1 heterocycles. The molecule has 118 valence electrons. The van der Waals surface area contributed by atoms with Gasteiger partial charge in [0, 0.05) is 6.08 Å². The van der Waals surface area contributed by atoms with Crippen LogP contribution in [-0.4, -0.2) is 13.1 Å². The maximum Gasteiger partial charge on any atom is 0.330 e. The summed E-state index contributed by atoms with van der Waals surface area (Å²) < 4.78 is 10.8. The third-order valence-electron chi connectivity index (χ3n) is 4.20. The molecule has 1 fully saturated rings. The first-order valence-corrected chi connectivity index (χ1v) is 7.79. The predicted octanol–water partition coefficient (Wildman–Crippen LogP) is 4.16. The number of ether oxygens (including phenoxy) is 2. The SMILES string of the molecule is COC(=O)/C=C/CC[C@]1(c2ccccc2)O[C@@H]1c1ccccc1. The molecule has 0 bridgehead atoms. The van der Waals surface area contributed by atoms with Crippen LogP contribution >= 0.6 is 0 Å². The second-order valence-electron chi connectivity index (χ2n) is 5.63. The first-order chi connectivity index (χ1) is 11.3. The number of esters is 1. The Morgan fingerprint density at radius 2 is 1.78 bits per heavy atom. The maximum atomic E-state index is 11.2. The molecule has 0 saturated carbocycles. The van der Waals surface area contributed by atoms with E-state index in [2.05, 4.69) is 29.0 Å². The van der Waals surface area contributed by atoms with Crippen LogP contribution in [0, 0.1) is 0 Å². The van der Waals surface area contributed by atoms with Gasteiger partial charge in [-0.05, 0) is 24.0 Å². The van der Waals surface area contributed by atoms with Crippen molar-refractivity contribution in [3.8, 4) is 0 Å². The summed E-state index contributed by atoms with van der Waals surface area (Å²) in [7, 11) is 1.38. The summed E-state index contributed by atoms with van der Waals surface area (Å²) in [6.45, 7) is 0. The van der Waals surface area contributed by atoms with Crippen molar-refractivity contribution < 1.29 is 14.3 Å². The number of epoxide rings is 1. The predicted molar refractivity (Wildman–Crippen MR) is 88.8 cm³/mol. The summed E-state index contributed by atoms with van der Waals surface area (Å²) in [4.78, 5) is 11.2. The minimum atomic E-state index is -0.324. The standard InChI is InChI=1S/C20H20O3/c1-22-18(21)14-8-9-15-20(17-12-6-3-7-13-17)19(23-20)16-10-4-2-5-11-16/h2-8,10-14,19H,9,15H2,1H3/b14-8+/t19-,20-/m1/s1. The Morgan fingerprint density at radius 1 is 1.13 bits per heavy atom. The zero-order valence-corrected chi connectivity index (χ0v) is 13.1.